The van der Waals surface area contributed by atoms with E-state index in [9.17, 15) is 4.79 Å². The second-order valence-corrected chi connectivity index (χ2v) is 8.56. The number of anilines is 1. The molecule has 0 bridgehead atoms. The summed E-state index contributed by atoms with van der Waals surface area (Å²) in [7, 11) is 0. The van der Waals surface area contributed by atoms with Gasteiger partial charge in [0, 0.05) is 44.8 Å². The van der Waals surface area contributed by atoms with Crippen LogP contribution in [0.3, 0.4) is 0 Å². The van der Waals surface area contributed by atoms with Crippen molar-refractivity contribution in [2.24, 2.45) is 0 Å². The van der Waals surface area contributed by atoms with Gasteiger partial charge in [-0.05, 0) is 38.4 Å². The van der Waals surface area contributed by atoms with Gasteiger partial charge in [0.25, 0.3) is 0 Å². The third-order valence-electron chi connectivity index (χ3n) is 6.21. The van der Waals surface area contributed by atoms with Gasteiger partial charge < -0.3 is 20.0 Å². The summed E-state index contributed by atoms with van der Waals surface area (Å²) in [5.41, 5.74) is 3.20. The Morgan fingerprint density at radius 2 is 1.78 bits per heavy atom. The fourth-order valence-electron chi connectivity index (χ4n) is 4.28. The lowest BCUT2D eigenvalue weighted by Crippen LogP contribution is -2.47. The van der Waals surface area contributed by atoms with E-state index >= 15 is 0 Å². The standard InChI is InChI=1S/C25H40N6O/c1-5-8-14-26-25(32)30(15-6-2)20-23-21(4)27-31(22-12-10-9-11-13-22)24(23)29-18-16-28(7-3)17-19-29/h9-13H,5-8,14-20H2,1-4H3,(H,26,32). The normalized spacial score (nSPS) is 14.6. The first-order valence-corrected chi connectivity index (χ1v) is 12.2. The minimum Gasteiger partial charge on any atom is -0.354 e. The molecule has 0 radical (unpaired) electrons. The first-order valence-electron chi connectivity index (χ1n) is 12.2. The van der Waals surface area contributed by atoms with Crippen LogP contribution in [0.15, 0.2) is 30.3 Å². The highest BCUT2D eigenvalue weighted by Gasteiger charge is 2.27. The van der Waals surface area contributed by atoms with E-state index in [1.165, 1.54) is 0 Å². The predicted octanol–water partition coefficient (Wildman–Crippen LogP) is 4.04. The number of rotatable bonds is 10. The highest BCUT2D eigenvalue weighted by molar-refractivity contribution is 5.74. The highest BCUT2D eigenvalue weighted by Crippen LogP contribution is 2.29. The van der Waals surface area contributed by atoms with Crippen LogP contribution in [0.2, 0.25) is 0 Å². The largest absolute Gasteiger partial charge is 0.354 e. The molecule has 1 aliphatic heterocycles. The second kappa shape index (κ2) is 11.9. The van der Waals surface area contributed by atoms with Crippen molar-refractivity contribution in [1.29, 1.82) is 0 Å². The summed E-state index contributed by atoms with van der Waals surface area (Å²) in [5, 5.41) is 8.04. The van der Waals surface area contributed by atoms with Crippen LogP contribution in [0.25, 0.3) is 5.69 Å². The summed E-state index contributed by atoms with van der Waals surface area (Å²) in [6.07, 6.45) is 3.01. The molecule has 0 saturated carbocycles. The fraction of sp³-hybridized carbons (Fsp3) is 0.600. The number of hydrogen-bond acceptors (Lipinski definition) is 4. The number of nitrogens with zero attached hydrogens (tertiary/aromatic N) is 5. The Morgan fingerprint density at radius 3 is 2.41 bits per heavy atom. The molecule has 1 aromatic heterocycles. The molecule has 0 atom stereocenters. The number of urea groups is 1. The zero-order valence-electron chi connectivity index (χ0n) is 20.3. The average Bonchev–Trinajstić information content (AvgIpc) is 3.15. The van der Waals surface area contributed by atoms with Gasteiger partial charge in [-0.25, -0.2) is 9.48 Å². The van der Waals surface area contributed by atoms with Crippen LogP contribution in [-0.4, -0.2) is 71.4 Å². The quantitative estimate of drug-likeness (QED) is 0.567. The summed E-state index contributed by atoms with van der Waals surface area (Å²) in [4.78, 5) is 19.8. The molecule has 0 spiro atoms. The molecule has 176 valence electrons. The molecule has 2 amide bonds. The molecule has 7 nitrogen and oxygen atoms in total. The van der Waals surface area contributed by atoms with Gasteiger partial charge >= 0.3 is 6.03 Å². The lowest BCUT2D eigenvalue weighted by molar-refractivity contribution is 0.195. The Labute approximate surface area is 193 Å². The number of aryl methyl sites for hydroxylation is 1. The maximum atomic E-state index is 12.9. The van der Waals surface area contributed by atoms with Crippen molar-refractivity contribution in [3.05, 3.63) is 41.6 Å². The van der Waals surface area contributed by atoms with Crippen molar-refractivity contribution in [1.82, 2.24) is 24.9 Å². The highest BCUT2D eigenvalue weighted by atomic mass is 16.2. The van der Waals surface area contributed by atoms with Crippen LogP contribution in [0.5, 0.6) is 0 Å². The number of carbonyl (C=O) groups is 1. The van der Waals surface area contributed by atoms with Crippen molar-refractivity contribution in [2.45, 2.75) is 53.5 Å². The number of carbonyl (C=O) groups excluding carboxylic acids is 1. The van der Waals surface area contributed by atoms with Crippen molar-refractivity contribution >= 4 is 11.8 Å². The van der Waals surface area contributed by atoms with Gasteiger partial charge in [0.15, 0.2) is 0 Å². The van der Waals surface area contributed by atoms with Crippen LogP contribution in [0.1, 0.15) is 51.3 Å². The number of unbranched alkanes of at least 4 members (excludes halogenated alkanes) is 1. The molecule has 1 aliphatic rings. The summed E-state index contributed by atoms with van der Waals surface area (Å²) in [6.45, 7) is 15.7. The van der Waals surface area contributed by atoms with Crippen molar-refractivity contribution in [2.75, 3.05) is 50.7 Å². The summed E-state index contributed by atoms with van der Waals surface area (Å²) < 4.78 is 2.07. The van der Waals surface area contributed by atoms with E-state index in [2.05, 4.69) is 71.8 Å². The summed E-state index contributed by atoms with van der Waals surface area (Å²) >= 11 is 0. The van der Waals surface area contributed by atoms with Crippen molar-refractivity contribution in [3.63, 3.8) is 0 Å². The lowest BCUT2D eigenvalue weighted by atomic mass is 10.2. The van der Waals surface area contributed by atoms with Gasteiger partial charge in [0.05, 0.1) is 17.9 Å². The molecule has 1 fully saturated rings. The van der Waals surface area contributed by atoms with Crippen LogP contribution < -0.4 is 10.2 Å². The van der Waals surface area contributed by atoms with E-state index in [4.69, 9.17) is 5.10 Å². The molecule has 0 unspecified atom stereocenters. The maximum absolute atomic E-state index is 12.9. The Bertz CT molecular complexity index is 842. The van der Waals surface area contributed by atoms with Gasteiger partial charge in [-0.3, -0.25) is 0 Å². The number of piperazine rings is 1. The first kappa shape index (κ1) is 24.1. The van der Waals surface area contributed by atoms with E-state index in [0.717, 1.165) is 87.8 Å². The third kappa shape index (κ3) is 5.82. The number of para-hydroxylation sites is 1. The molecule has 32 heavy (non-hydrogen) atoms. The Balaban J connectivity index is 1.93. The maximum Gasteiger partial charge on any atom is 0.317 e. The van der Waals surface area contributed by atoms with Crippen LogP contribution in [-0.2, 0) is 6.54 Å². The molecule has 1 aromatic carbocycles. The van der Waals surface area contributed by atoms with E-state index < -0.39 is 0 Å². The smallest absolute Gasteiger partial charge is 0.317 e. The minimum atomic E-state index is 0.0221. The van der Waals surface area contributed by atoms with Gasteiger partial charge in [0.2, 0.25) is 0 Å². The number of likely N-dealkylation sites (N-methyl/N-ethyl adjacent to an activating group) is 1. The Morgan fingerprint density at radius 1 is 1.06 bits per heavy atom. The first-order chi connectivity index (χ1) is 15.6. The SMILES string of the molecule is CCCCNC(=O)N(CCC)Cc1c(C)nn(-c2ccccc2)c1N1CCN(CC)CC1. The molecule has 7 heteroatoms. The van der Waals surface area contributed by atoms with Gasteiger partial charge in [-0.15, -0.1) is 0 Å². The van der Waals surface area contributed by atoms with Crippen LogP contribution in [0.4, 0.5) is 10.6 Å². The van der Waals surface area contributed by atoms with E-state index in [1.807, 2.05) is 11.0 Å². The third-order valence-corrected chi connectivity index (χ3v) is 6.21. The van der Waals surface area contributed by atoms with Crippen molar-refractivity contribution in [3.8, 4) is 5.69 Å². The van der Waals surface area contributed by atoms with Gasteiger partial charge in [0.1, 0.15) is 5.82 Å². The van der Waals surface area contributed by atoms with Crippen LogP contribution >= 0.6 is 0 Å². The number of aromatic nitrogens is 2. The average molecular weight is 441 g/mol. The molecule has 2 aromatic rings. The fourth-order valence-corrected chi connectivity index (χ4v) is 4.28. The van der Waals surface area contributed by atoms with E-state index in [-0.39, 0.29) is 6.03 Å². The minimum absolute atomic E-state index is 0.0221. The molecule has 2 heterocycles. The second-order valence-electron chi connectivity index (χ2n) is 8.56. The van der Waals surface area contributed by atoms with Gasteiger partial charge in [-0.2, -0.15) is 5.10 Å². The number of benzene rings is 1. The Hall–Kier alpha value is -2.54. The predicted molar refractivity (Wildman–Crippen MR) is 132 cm³/mol. The number of hydrogen-bond donors (Lipinski definition) is 1. The monoisotopic (exact) mass is 440 g/mol. The number of amides is 2. The summed E-state index contributed by atoms with van der Waals surface area (Å²) in [6, 6.07) is 10.4. The zero-order chi connectivity index (χ0) is 22.9. The molecular formula is C25H40N6O. The van der Waals surface area contributed by atoms with E-state index in [1.54, 1.807) is 0 Å². The van der Waals surface area contributed by atoms with Crippen molar-refractivity contribution < 1.29 is 4.79 Å². The molecule has 1 N–H and O–H groups in total. The topological polar surface area (TPSA) is 56.6 Å². The molecule has 3 rings (SSSR count). The molecule has 1 saturated heterocycles. The number of nitrogens with one attached hydrogen (secondary N) is 1. The van der Waals surface area contributed by atoms with Gasteiger partial charge in [-0.1, -0.05) is 45.4 Å². The van der Waals surface area contributed by atoms with Crippen LogP contribution in [0, 0.1) is 6.92 Å². The zero-order valence-corrected chi connectivity index (χ0v) is 20.3. The summed E-state index contributed by atoms with van der Waals surface area (Å²) in [5.74, 6) is 1.13. The molecule has 0 aliphatic carbocycles. The molecular weight excluding hydrogens is 400 g/mol. The van der Waals surface area contributed by atoms with E-state index in [0.29, 0.717) is 6.54 Å². The Kier molecular flexibility index (Phi) is 8.97. The lowest BCUT2D eigenvalue weighted by Gasteiger charge is -2.36.